The van der Waals surface area contributed by atoms with Gasteiger partial charge in [0.05, 0.1) is 6.10 Å². The molecule has 0 aromatic carbocycles. The Kier molecular flexibility index (Phi) is 7.39. The van der Waals surface area contributed by atoms with Gasteiger partial charge in [-0.2, -0.15) is 0 Å². The van der Waals surface area contributed by atoms with Crippen molar-refractivity contribution in [3.63, 3.8) is 0 Å². The van der Waals surface area contributed by atoms with Crippen LogP contribution in [0.1, 0.15) is 52.4 Å². The second-order valence-electron chi connectivity index (χ2n) is 5.85. The number of carbonyl (C=O) groups is 1. The molecule has 4 heteroatoms. The summed E-state index contributed by atoms with van der Waals surface area (Å²) in [7, 11) is 0. The maximum Gasteiger partial charge on any atom is 0.222 e. The fourth-order valence-electron chi connectivity index (χ4n) is 2.91. The van der Waals surface area contributed by atoms with Crippen molar-refractivity contribution in [3.8, 4) is 0 Å². The zero-order valence-corrected chi connectivity index (χ0v) is 12.5. The Labute approximate surface area is 117 Å². The zero-order valence-electron chi connectivity index (χ0n) is 12.5. The third-order valence-corrected chi connectivity index (χ3v) is 4.49. The number of piperidine rings is 1. The number of hydrogen-bond acceptors (Lipinski definition) is 3. The molecule has 19 heavy (non-hydrogen) atoms. The molecule has 1 heterocycles. The highest BCUT2D eigenvalue weighted by Gasteiger charge is 2.25. The van der Waals surface area contributed by atoms with Crippen molar-refractivity contribution in [2.75, 3.05) is 19.6 Å². The Hall–Kier alpha value is -0.610. The van der Waals surface area contributed by atoms with E-state index in [4.69, 9.17) is 5.73 Å². The molecule has 0 aromatic rings. The Morgan fingerprint density at radius 3 is 2.47 bits per heavy atom. The fraction of sp³-hybridized carbons (Fsp3) is 0.933. The van der Waals surface area contributed by atoms with E-state index >= 15 is 0 Å². The van der Waals surface area contributed by atoms with E-state index in [1.54, 1.807) is 0 Å². The molecule has 2 unspecified atom stereocenters. The molecular formula is C15H30N2O2. The van der Waals surface area contributed by atoms with Crippen molar-refractivity contribution in [1.29, 1.82) is 0 Å². The molecule has 0 aliphatic carbocycles. The van der Waals surface area contributed by atoms with Crippen LogP contribution in [0.5, 0.6) is 0 Å². The number of rotatable bonds is 7. The van der Waals surface area contributed by atoms with E-state index in [0.29, 0.717) is 24.8 Å². The standard InChI is InChI=1S/C15H30N2O2/c1-3-13(6-9-16)4-5-15(19)17-10-7-14(8-11-17)12(2)18/h12-14,18H,3-11,16H2,1-2H3. The van der Waals surface area contributed by atoms with Gasteiger partial charge in [0, 0.05) is 19.5 Å². The lowest BCUT2D eigenvalue weighted by Gasteiger charge is -2.33. The lowest BCUT2D eigenvalue weighted by atomic mass is 9.91. The fourth-order valence-corrected chi connectivity index (χ4v) is 2.91. The van der Waals surface area contributed by atoms with Gasteiger partial charge in [0.15, 0.2) is 0 Å². The first-order valence-corrected chi connectivity index (χ1v) is 7.74. The summed E-state index contributed by atoms with van der Waals surface area (Å²) in [5.74, 6) is 1.23. The average molecular weight is 270 g/mol. The van der Waals surface area contributed by atoms with Crippen LogP contribution >= 0.6 is 0 Å². The molecule has 2 atom stereocenters. The first-order valence-electron chi connectivity index (χ1n) is 7.74. The minimum absolute atomic E-state index is 0.244. The van der Waals surface area contributed by atoms with Gasteiger partial charge in [-0.3, -0.25) is 4.79 Å². The topological polar surface area (TPSA) is 66.6 Å². The van der Waals surface area contributed by atoms with Crippen molar-refractivity contribution >= 4 is 5.91 Å². The Balaban J connectivity index is 2.27. The molecule has 1 aliphatic rings. The molecule has 1 fully saturated rings. The summed E-state index contributed by atoms with van der Waals surface area (Å²) >= 11 is 0. The predicted molar refractivity (Wildman–Crippen MR) is 77.7 cm³/mol. The van der Waals surface area contributed by atoms with Crippen molar-refractivity contribution in [1.82, 2.24) is 4.90 Å². The normalized spacial score (nSPS) is 20.3. The number of nitrogens with two attached hydrogens (primary N) is 1. The monoisotopic (exact) mass is 270 g/mol. The van der Waals surface area contributed by atoms with E-state index in [2.05, 4.69) is 6.92 Å². The van der Waals surface area contributed by atoms with Crippen LogP contribution in [0.15, 0.2) is 0 Å². The molecule has 1 saturated heterocycles. The van der Waals surface area contributed by atoms with Crippen molar-refractivity contribution in [3.05, 3.63) is 0 Å². The molecule has 1 aliphatic heterocycles. The van der Waals surface area contributed by atoms with Gasteiger partial charge in [-0.25, -0.2) is 0 Å². The molecule has 0 aromatic heterocycles. The molecule has 4 nitrogen and oxygen atoms in total. The van der Waals surface area contributed by atoms with Gasteiger partial charge in [-0.1, -0.05) is 13.3 Å². The van der Waals surface area contributed by atoms with Crippen LogP contribution in [-0.4, -0.2) is 41.7 Å². The van der Waals surface area contributed by atoms with Gasteiger partial charge in [0.25, 0.3) is 0 Å². The van der Waals surface area contributed by atoms with Crippen LogP contribution in [0.2, 0.25) is 0 Å². The Morgan fingerprint density at radius 2 is 2.00 bits per heavy atom. The Bertz CT molecular complexity index is 261. The number of amides is 1. The number of hydrogen-bond donors (Lipinski definition) is 2. The van der Waals surface area contributed by atoms with Gasteiger partial charge >= 0.3 is 0 Å². The van der Waals surface area contributed by atoms with E-state index in [0.717, 1.165) is 45.2 Å². The summed E-state index contributed by atoms with van der Waals surface area (Å²) in [5.41, 5.74) is 5.58. The summed E-state index contributed by atoms with van der Waals surface area (Å²) < 4.78 is 0. The molecule has 3 N–H and O–H groups in total. The summed E-state index contributed by atoms with van der Waals surface area (Å²) in [4.78, 5) is 14.1. The quantitative estimate of drug-likeness (QED) is 0.741. The highest BCUT2D eigenvalue weighted by molar-refractivity contribution is 5.76. The van der Waals surface area contributed by atoms with E-state index in [1.165, 1.54) is 0 Å². The van der Waals surface area contributed by atoms with Gasteiger partial charge in [-0.15, -0.1) is 0 Å². The van der Waals surface area contributed by atoms with Crippen LogP contribution in [0.3, 0.4) is 0 Å². The predicted octanol–water partition coefficient (Wildman–Crippen LogP) is 1.76. The van der Waals surface area contributed by atoms with Crippen LogP contribution in [-0.2, 0) is 4.79 Å². The number of aliphatic hydroxyl groups excluding tert-OH is 1. The van der Waals surface area contributed by atoms with Gasteiger partial charge in [-0.05, 0) is 51.0 Å². The molecular weight excluding hydrogens is 240 g/mol. The smallest absolute Gasteiger partial charge is 0.222 e. The lowest BCUT2D eigenvalue weighted by Crippen LogP contribution is -2.40. The zero-order chi connectivity index (χ0) is 14.3. The number of carbonyl (C=O) groups excluding carboxylic acids is 1. The molecule has 0 bridgehead atoms. The van der Waals surface area contributed by atoms with Crippen LogP contribution in [0, 0.1) is 11.8 Å². The maximum atomic E-state index is 12.1. The average Bonchev–Trinajstić information content (AvgIpc) is 2.43. The van der Waals surface area contributed by atoms with E-state index < -0.39 is 0 Å². The molecule has 0 spiro atoms. The summed E-state index contributed by atoms with van der Waals surface area (Å²) in [6.07, 6.45) is 5.36. The highest BCUT2D eigenvalue weighted by Crippen LogP contribution is 2.22. The Morgan fingerprint density at radius 1 is 1.37 bits per heavy atom. The minimum Gasteiger partial charge on any atom is -0.393 e. The SMILES string of the molecule is CCC(CCN)CCC(=O)N1CCC(C(C)O)CC1. The minimum atomic E-state index is -0.244. The number of nitrogens with zero attached hydrogens (tertiary/aromatic N) is 1. The van der Waals surface area contributed by atoms with E-state index in [1.807, 2.05) is 11.8 Å². The summed E-state index contributed by atoms with van der Waals surface area (Å²) in [6, 6.07) is 0. The van der Waals surface area contributed by atoms with Gasteiger partial charge < -0.3 is 15.7 Å². The second kappa shape index (κ2) is 8.54. The largest absolute Gasteiger partial charge is 0.393 e. The van der Waals surface area contributed by atoms with Gasteiger partial charge in [0.1, 0.15) is 0 Å². The van der Waals surface area contributed by atoms with Crippen LogP contribution in [0.25, 0.3) is 0 Å². The van der Waals surface area contributed by atoms with Crippen molar-refractivity contribution in [2.24, 2.45) is 17.6 Å². The first-order chi connectivity index (χ1) is 9.08. The van der Waals surface area contributed by atoms with Crippen LogP contribution < -0.4 is 5.73 Å². The molecule has 112 valence electrons. The van der Waals surface area contributed by atoms with E-state index in [9.17, 15) is 9.90 Å². The van der Waals surface area contributed by atoms with Crippen molar-refractivity contribution in [2.45, 2.75) is 58.5 Å². The maximum absolute atomic E-state index is 12.1. The summed E-state index contributed by atoms with van der Waals surface area (Å²) in [6.45, 7) is 6.34. The van der Waals surface area contributed by atoms with E-state index in [-0.39, 0.29) is 12.0 Å². The lowest BCUT2D eigenvalue weighted by molar-refractivity contribution is -0.133. The molecule has 1 amide bonds. The molecule has 0 saturated carbocycles. The third kappa shape index (κ3) is 5.49. The van der Waals surface area contributed by atoms with Crippen LogP contribution in [0.4, 0.5) is 0 Å². The van der Waals surface area contributed by atoms with Gasteiger partial charge in [0.2, 0.25) is 5.91 Å². The second-order valence-corrected chi connectivity index (χ2v) is 5.85. The molecule has 0 radical (unpaired) electrons. The molecule has 1 rings (SSSR count). The number of likely N-dealkylation sites (tertiary alicyclic amines) is 1. The highest BCUT2D eigenvalue weighted by atomic mass is 16.3. The van der Waals surface area contributed by atoms with Crippen molar-refractivity contribution < 1.29 is 9.90 Å². The first kappa shape index (κ1) is 16.4. The summed E-state index contributed by atoms with van der Waals surface area (Å²) in [5, 5.41) is 9.55. The third-order valence-electron chi connectivity index (χ3n) is 4.49. The number of aliphatic hydroxyl groups is 1.